The number of carbonyl (C=O) groups is 2. The van der Waals surface area contributed by atoms with Crippen LogP contribution in [0.1, 0.15) is 22.3 Å². The maximum Gasteiger partial charge on any atom is 0.309 e. The van der Waals surface area contributed by atoms with Crippen molar-refractivity contribution in [1.29, 1.82) is 0 Å². The van der Waals surface area contributed by atoms with Gasteiger partial charge in [-0.3, -0.25) is 9.59 Å². The molecule has 0 spiro atoms. The number of carboxylic acid groups (broad SMARTS) is 1. The molecular formula is C24H21ClO4. The Morgan fingerprint density at radius 2 is 1.45 bits per heavy atom. The van der Waals surface area contributed by atoms with Crippen molar-refractivity contribution in [1.82, 2.24) is 0 Å². The number of ketones is 1. The number of carbonyl (C=O) groups excluding carboxylic acids is 1. The summed E-state index contributed by atoms with van der Waals surface area (Å²) in [6, 6.07) is 24.1. The van der Waals surface area contributed by atoms with Crippen molar-refractivity contribution in [2.24, 2.45) is 5.92 Å². The van der Waals surface area contributed by atoms with Crippen LogP contribution in [0.3, 0.4) is 0 Å². The molecule has 3 aromatic carbocycles. The van der Waals surface area contributed by atoms with E-state index in [-0.39, 0.29) is 18.8 Å². The van der Waals surface area contributed by atoms with Gasteiger partial charge in [0.2, 0.25) is 0 Å². The summed E-state index contributed by atoms with van der Waals surface area (Å²) in [4.78, 5) is 24.1. The van der Waals surface area contributed by atoms with Crippen LogP contribution in [0.25, 0.3) is 11.1 Å². The number of halogens is 1. The third-order valence-corrected chi connectivity index (χ3v) is 4.85. The third kappa shape index (κ3) is 6.01. The molecule has 0 heterocycles. The molecule has 0 aliphatic rings. The van der Waals surface area contributed by atoms with Gasteiger partial charge in [-0.1, -0.05) is 78.3 Å². The largest absolute Gasteiger partial charge is 0.481 e. The van der Waals surface area contributed by atoms with Gasteiger partial charge >= 0.3 is 5.97 Å². The van der Waals surface area contributed by atoms with Gasteiger partial charge < -0.3 is 9.84 Å². The minimum absolute atomic E-state index is 0.0151. The van der Waals surface area contributed by atoms with E-state index in [9.17, 15) is 14.7 Å². The Morgan fingerprint density at radius 3 is 2.03 bits per heavy atom. The van der Waals surface area contributed by atoms with E-state index >= 15 is 0 Å². The number of Topliss-reactive ketones (excluding diaryl/α,β-unsaturated/α-hetero) is 1. The van der Waals surface area contributed by atoms with Gasteiger partial charge in [0.05, 0.1) is 19.1 Å². The van der Waals surface area contributed by atoms with E-state index in [1.807, 2.05) is 66.7 Å². The van der Waals surface area contributed by atoms with Crippen LogP contribution in [0.2, 0.25) is 5.02 Å². The average Bonchev–Trinajstić information content (AvgIpc) is 2.74. The Hall–Kier alpha value is -2.95. The molecule has 29 heavy (non-hydrogen) atoms. The highest BCUT2D eigenvalue weighted by Gasteiger charge is 2.22. The molecule has 0 saturated heterocycles. The van der Waals surface area contributed by atoms with Crippen LogP contribution in [0, 0.1) is 5.92 Å². The predicted molar refractivity (Wildman–Crippen MR) is 113 cm³/mol. The number of ether oxygens (including phenoxy) is 1. The lowest BCUT2D eigenvalue weighted by Crippen LogP contribution is -2.23. The zero-order valence-electron chi connectivity index (χ0n) is 15.8. The summed E-state index contributed by atoms with van der Waals surface area (Å²) in [7, 11) is 0. The summed E-state index contributed by atoms with van der Waals surface area (Å²) < 4.78 is 5.52. The zero-order valence-corrected chi connectivity index (χ0v) is 16.5. The second kappa shape index (κ2) is 10.0. The molecule has 0 fully saturated rings. The maximum absolute atomic E-state index is 12.5. The smallest absolute Gasteiger partial charge is 0.309 e. The van der Waals surface area contributed by atoms with E-state index in [2.05, 4.69) is 0 Å². The summed E-state index contributed by atoms with van der Waals surface area (Å²) >= 11 is 5.91. The first kappa shape index (κ1) is 20.8. The van der Waals surface area contributed by atoms with Gasteiger partial charge in [-0.15, -0.1) is 0 Å². The molecule has 0 radical (unpaired) electrons. The van der Waals surface area contributed by atoms with Crippen LogP contribution in [0.15, 0.2) is 78.9 Å². The summed E-state index contributed by atoms with van der Waals surface area (Å²) in [5.74, 6) is -2.14. The lowest BCUT2D eigenvalue weighted by Gasteiger charge is -2.13. The van der Waals surface area contributed by atoms with E-state index in [0.29, 0.717) is 17.2 Å². The van der Waals surface area contributed by atoms with Gasteiger partial charge in [-0.25, -0.2) is 0 Å². The van der Waals surface area contributed by atoms with Crippen LogP contribution >= 0.6 is 11.6 Å². The van der Waals surface area contributed by atoms with Crippen molar-refractivity contribution >= 4 is 23.4 Å². The Kier molecular flexibility index (Phi) is 7.17. The number of hydrogen-bond acceptors (Lipinski definition) is 3. The van der Waals surface area contributed by atoms with Crippen molar-refractivity contribution in [2.45, 2.75) is 13.0 Å². The van der Waals surface area contributed by atoms with E-state index in [0.717, 1.165) is 16.7 Å². The van der Waals surface area contributed by atoms with Gasteiger partial charge in [0.25, 0.3) is 0 Å². The first-order valence-electron chi connectivity index (χ1n) is 9.26. The molecule has 1 N–H and O–H groups in total. The van der Waals surface area contributed by atoms with Gasteiger partial charge in [0.15, 0.2) is 5.78 Å². The summed E-state index contributed by atoms with van der Waals surface area (Å²) in [6.07, 6.45) is -0.107. The van der Waals surface area contributed by atoms with Crippen LogP contribution in [-0.4, -0.2) is 23.5 Å². The van der Waals surface area contributed by atoms with Crippen LogP contribution in [-0.2, 0) is 16.1 Å². The van der Waals surface area contributed by atoms with Crippen LogP contribution in [0.5, 0.6) is 0 Å². The second-order valence-electron chi connectivity index (χ2n) is 6.75. The topological polar surface area (TPSA) is 63.6 Å². The number of rotatable bonds is 9. The van der Waals surface area contributed by atoms with E-state index < -0.39 is 11.9 Å². The van der Waals surface area contributed by atoms with Gasteiger partial charge in [0.1, 0.15) is 0 Å². The predicted octanol–water partition coefficient (Wildman–Crippen LogP) is 5.50. The fourth-order valence-corrected chi connectivity index (χ4v) is 3.07. The van der Waals surface area contributed by atoms with E-state index in [1.54, 1.807) is 12.1 Å². The first-order valence-corrected chi connectivity index (χ1v) is 9.64. The van der Waals surface area contributed by atoms with Crippen molar-refractivity contribution in [3.8, 4) is 11.1 Å². The highest BCUT2D eigenvalue weighted by Crippen LogP contribution is 2.23. The van der Waals surface area contributed by atoms with Gasteiger partial charge in [-0.05, 0) is 28.8 Å². The number of aliphatic carboxylic acids is 1. The van der Waals surface area contributed by atoms with E-state index in [4.69, 9.17) is 16.3 Å². The number of hydrogen-bond donors (Lipinski definition) is 1. The fourth-order valence-electron chi connectivity index (χ4n) is 2.94. The minimum atomic E-state index is -1.04. The van der Waals surface area contributed by atoms with Gasteiger partial charge in [0, 0.05) is 17.0 Å². The standard InChI is InChI=1S/C24H21ClO4/c25-22-12-10-19(11-13-22)18-6-8-20(9-7-18)23(26)14-21(24(27)28)16-29-15-17-4-2-1-3-5-17/h1-13,21H,14-16H2,(H,27,28). The summed E-state index contributed by atoms with van der Waals surface area (Å²) in [6.45, 7) is 0.299. The lowest BCUT2D eigenvalue weighted by atomic mass is 9.97. The highest BCUT2D eigenvalue weighted by molar-refractivity contribution is 6.30. The fraction of sp³-hybridized carbons (Fsp3) is 0.167. The van der Waals surface area contributed by atoms with Crippen molar-refractivity contribution in [2.75, 3.05) is 6.61 Å². The molecule has 1 atom stereocenters. The summed E-state index contributed by atoms with van der Waals surface area (Å²) in [5.41, 5.74) is 3.39. The average molecular weight is 409 g/mol. The molecule has 0 amide bonds. The second-order valence-corrected chi connectivity index (χ2v) is 7.18. The van der Waals surface area contributed by atoms with Crippen molar-refractivity contribution in [3.63, 3.8) is 0 Å². The third-order valence-electron chi connectivity index (χ3n) is 4.60. The molecule has 1 unspecified atom stereocenters. The molecular weight excluding hydrogens is 388 g/mol. The quantitative estimate of drug-likeness (QED) is 0.475. The van der Waals surface area contributed by atoms with Crippen molar-refractivity contribution < 1.29 is 19.4 Å². The van der Waals surface area contributed by atoms with Crippen LogP contribution in [0.4, 0.5) is 0 Å². The molecule has 0 aliphatic heterocycles. The number of carboxylic acids is 1. The molecule has 4 nitrogen and oxygen atoms in total. The van der Waals surface area contributed by atoms with Gasteiger partial charge in [-0.2, -0.15) is 0 Å². The monoisotopic (exact) mass is 408 g/mol. The Bertz CT molecular complexity index is 950. The zero-order chi connectivity index (χ0) is 20.6. The molecule has 148 valence electrons. The Morgan fingerprint density at radius 1 is 0.862 bits per heavy atom. The molecule has 0 bridgehead atoms. The number of benzene rings is 3. The Balaban J connectivity index is 1.59. The summed E-state index contributed by atoms with van der Waals surface area (Å²) in [5, 5.41) is 10.1. The Labute approximate surface area is 174 Å². The SMILES string of the molecule is O=C(CC(COCc1ccccc1)C(=O)O)c1ccc(-c2ccc(Cl)cc2)cc1. The molecule has 5 heteroatoms. The lowest BCUT2D eigenvalue weighted by molar-refractivity contribution is -0.144. The molecule has 0 aliphatic carbocycles. The molecule has 3 rings (SSSR count). The molecule has 3 aromatic rings. The maximum atomic E-state index is 12.5. The van der Waals surface area contributed by atoms with E-state index in [1.165, 1.54) is 0 Å². The first-order chi connectivity index (χ1) is 14.0. The van der Waals surface area contributed by atoms with Crippen molar-refractivity contribution in [3.05, 3.63) is 95.0 Å². The molecule has 0 aromatic heterocycles. The molecule has 0 saturated carbocycles. The normalized spacial score (nSPS) is 11.8. The van der Waals surface area contributed by atoms with Crippen LogP contribution < -0.4 is 0 Å². The highest BCUT2D eigenvalue weighted by atomic mass is 35.5. The minimum Gasteiger partial charge on any atom is -0.481 e.